The average Bonchev–Trinajstić information content (AvgIpc) is 3.20. The summed E-state index contributed by atoms with van der Waals surface area (Å²) in [5.74, 6) is 0.806. The third-order valence-electron chi connectivity index (χ3n) is 4.37. The van der Waals surface area contributed by atoms with Gasteiger partial charge in [0.25, 0.3) is 0 Å². The lowest BCUT2D eigenvalue weighted by Crippen LogP contribution is -2.37. The van der Waals surface area contributed by atoms with Crippen LogP contribution in [0.2, 0.25) is 5.02 Å². The summed E-state index contributed by atoms with van der Waals surface area (Å²) in [6.07, 6.45) is 5.31. The van der Waals surface area contributed by atoms with E-state index in [1.807, 2.05) is 18.2 Å². The molecule has 1 heterocycles. The second-order valence-electron chi connectivity index (χ2n) is 6.28. The number of anilines is 1. The van der Waals surface area contributed by atoms with Crippen molar-refractivity contribution in [3.8, 4) is 0 Å². The van der Waals surface area contributed by atoms with E-state index in [0.717, 1.165) is 43.6 Å². The van der Waals surface area contributed by atoms with Gasteiger partial charge in [0.2, 0.25) is 0 Å². The zero-order valence-electron chi connectivity index (χ0n) is 15.5. The molecule has 0 fully saturated rings. The van der Waals surface area contributed by atoms with Crippen molar-refractivity contribution in [2.75, 3.05) is 31.6 Å². The highest BCUT2D eigenvalue weighted by Gasteiger charge is 2.08. The highest BCUT2D eigenvalue weighted by molar-refractivity contribution is 14.0. The molecule has 0 aliphatic carbocycles. The number of guanidine groups is 1. The minimum absolute atomic E-state index is 0. The van der Waals surface area contributed by atoms with Gasteiger partial charge in [-0.3, -0.25) is 4.99 Å². The molecule has 4 nitrogen and oxygen atoms in total. The molecular weight excluding hydrogens is 471 g/mol. The topological polar surface area (TPSA) is 39.7 Å². The van der Waals surface area contributed by atoms with Crippen molar-refractivity contribution < 1.29 is 0 Å². The highest BCUT2D eigenvalue weighted by Crippen LogP contribution is 2.18. The summed E-state index contributed by atoms with van der Waals surface area (Å²) in [5, 5.41) is 7.51. The van der Waals surface area contributed by atoms with Crippen molar-refractivity contribution in [1.29, 1.82) is 0 Å². The smallest absolute Gasteiger partial charge is 0.191 e. The Bertz CT molecular complexity index is 783. The summed E-state index contributed by atoms with van der Waals surface area (Å²) < 4.78 is 0. The predicted octanol–water partition coefficient (Wildman–Crippen LogP) is 4.24. The molecular formula is C21H26ClIN4. The second-order valence-corrected chi connectivity index (χ2v) is 6.72. The summed E-state index contributed by atoms with van der Waals surface area (Å²) in [5.41, 5.74) is 3.72. The highest BCUT2D eigenvalue weighted by atomic mass is 127. The summed E-state index contributed by atoms with van der Waals surface area (Å²) in [7, 11) is 1.79. The lowest BCUT2D eigenvalue weighted by molar-refractivity contribution is 0.794. The predicted molar refractivity (Wildman–Crippen MR) is 127 cm³/mol. The molecule has 2 N–H and O–H groups in total. The van der Waals surface area contributed by atoms with E-state index in [4.69, 9.17) is 11.6 Å². The molecule has 3 rings (SSSR count). The molecule has 144 valence electrons. The van der Waals surface area contributed by atoms with E-state index in [0.29, 0.717) is 0 Å². The third kappa shape index (κ3) is 6.74. The Kier molecular flexibility index (Phi) is 8.94. The molecule has 1 aliphatic heterocycles. The van der Waals surface area contributed by atoms with Crippen molar-refractivity contribution in [2.24, 2.45) is 4.99 Å². The van der Waals surface area contributed by atoms with Gasteiger partial charge < -0.3 is 15.5 Å². The first-order valence-corrected chi connectivity index (χ1v) is 9.30. The lowest BCUT2D eigenvalue weighted by Gasteiger charge is -2.19. The summed E-state index contributed by atoms with van der Waals surface area (Å²) >= 11 is 6.03. The van der Waals surface area contributed by atoms with Crippen LogP contribution in [0, 0.1) is 0 Å². The van der Waals surface area contributed by atoms with Crippen molar-refractivity contribution in [1.82, 2.24) is 10.6 Å². The van der Waals surface area contributed by atoms with E-state index in [2.05, 4.69) is 63.0 Å². The minimum Gasteiger partial charge on any atom is -0.364 e. The number of benzene rings is 2. The Balaban J connectivity index is 0.00000261. The Labute approximate surface area is 183 Å². The maximum atomic E-state index is 6.03. The van der Waals surface area contributed by atoms with Gasteiger partial charge in [-0.2, -0.15) is 0 Å². The Morgan fingerprint density at radius 3 is 2.52 bits per heavy atom. The lowest BCUT2D eigenvalue weighted by atomic mass is 10.1. The number of halogens is 2. The van der Waals surface area contributed by atoms with E-state index in [1.165, 1.54) is 16.8 Å². The molecule has 1 aliphatic rings. The van der Waals surface area contributed by atoms with Crippen LogP contribution in [0.15, 0.2) is 65.7 Å². The molecule has 0 amide bonds. The van der Waals surface area contributed by atoms with Crippen LogP contribution >= 0.6 is 35.6 Å². The van der Waals surface area contributed by atoms with Crippen LogP contribution in [0.3, 0.4) is 0 Å². The molecule has 0 radical (unpaired) electrons. The molecule has 0 aromatic heterocycles. The normalized spacial score (nSPS) is 13.4. The van der Waals surface area contributed by atoms with Crippen molar-refractivity contribution in [3.63, 3.8) is 0 Å². The largest absolute Gasteiger partial charge is 0.364 e. The third-order valence-corrected chi connectivity index (χ3v) is 4.61. The number of rotatable bonds is 6. The molecule has 27 heavy (non-hydrogen) atoms. The van der Waals surface area contributed by atoms with Crippen LogP contribution in [0.4, 0.5) is 5.69 Å². The SMILES string of the molecule is CN=C(NCCc1cccc(Cl)c1)NCc1cccc(N2CC=CC2)c1.I. The van der Waals surface area contributed by atoms with Gasteiger partial charge in [0, 0.05) is 43.9 Å². The van der Waals surface area contributed by atoms with Crippen molar-refractivity contribution in [2.45, 2.75) is 13.0 Å². The van der Waals surface area contributed by atoms with Crippen LogP contribution in [0.5, 0.6) is 0 Å². The number of hydrogen-bond acceptors (Lipinski definition) is 2. The van der Waals surface area contributed by atoms with Crippen molar-refractivity contribution >= 4 is 47.2 Å². The summed E-state index contributed by atoms with van der Waals surface area (Å²) in [6, 6.07) is 16.6. The van der Waals surface area contributed by atoms with Crippen LogP contribution in [0.1, 0.15) is 11.1 Å². The number of hydrogen-bond donors (Lipinski definition) is 2. The number of nitrogens with one attached hydrogen (secondary N) is 2. The van der Waals surface area contributed by atoms with Crippen LogP contribution in [-0.2, 0) is 13.0 Å². The van der Waals surface area contributed by atoms with E-state index in [-0.39, 0.29) is 24.0 Å². The van der Waals surface area contributed by atoms with Gasteiger partial charge in [0.05, 0.1) is 0 Å². The van der Waals surface area contributed by atoms with Gasteiger partial charge in [-0.1, -0.05) is 48.0 Å². The van der Waals surface area contributed by atoms with Crippen LogP contribution in [-0.4, -0.2) is 32.6 Å². The quantitative estimate of drug-likeness (QED) is 0.272. The Morgan fingerprint density at radius 1 is 1.04 bits per heavy atom. The fraction of sp³-hybridized carbons (Fsp3) is 0.286. The minimum atomic E-state index is 0. The first-order valence-electron chi connectivity index (χ1n) is 8.92. The van der Waals surface area contributed by atoms with E-state index in [9.17, 15) is 0 Å². The molecule has 0 saturated heterocycles. The second kappa shape index (κ2) is 11.2. The maximum absolute atomic E-state index is 6.03. The van der Waals surface area contributed by atoms with Gasteiger partial charge >= 0.3 is 0 Å². The van der Waals surface area contributed by atoms with E-state index < -0.39 is 0 Å². The zero-order valence-corrected chi connectivity index (χ0v) is 18.6. The average molecular weight is 497 g/mol. The summed E-state index contributed by atoms with van der Waals surface area (Å²) in [6.45, 7) is 3.53. The van der Waals surface area contributed by atoms with E-state index in [1.54, 1.807) is 7.05 Å². The summed E-state index contributed by atoms with van der Waals surface area (Å²) in [4.78, 5) is 6.65. The molecule has 0 unspecified atom stereocenters. The zero-order chi connectivity index (χ0) is 18.2. The standard InChI is InChI=1S/C21H25ClN4.HI/c1-23-21(24-11-10-17-6-4-8-19(22)14-17)25-16-18-7-5-9-20(15-18)26-12-2-3-13-26;/h2-9,14-15H,10-13,16H2,1H3,(H2,23,24,25);1H. The maximum Gasteiger partial charge on any atom is 0.191 e. The van der Waals surface area contributed by atoms with Gasteiger partial charge in [-0.15, -0.1) is 24.0 Å². The molecule has 0 atom stereocenters. The fourth-order valence-corrected chi connectivity index (χ4v) is 3.19. The number of nitrogens with zero attached hydrogens (tertiary/aromatic N) is 2. The van der Waals surface area contributed by atoms with Crippen molar-refractivity contribution in [3.05, 3.63) is 76.8 Å². The molecule has 0 bridgehead atoms. The fourth-order valence-electron chi connectivity index (χ4n) is 2.98. The van der Waals surface area contributed by atoms with Gasteiger partial charge in [-0.25, -0.2) is 0 Å². The van der Waals surface area contributed by atoms with Crippen LogP contribution in [0.25, 0.3) is 0 Å². The van der Waals surface area contributed by atoms with Gasteiger partial charge in [0.15, 0.2) is 5.96 Å². The first kappa shape index (κ1) is 21.6. The Hall–Kier alpha value is -1.73. The van der Waals surface area contributed by atoms with Gasteiger partial charge in [0.1, 0.15) is 0 Å². The molecule has 0 spiro atoms. The first-order chi connectivity index (χ1) is 12.7. The molecule has 0 saturated carbocycles. The molecule has 6 heteroatoms. The molecule has 2 aromatic carbocycles. The monoisotopic (exact) mass is 496 g/mol. The molecule has 2 aromatic rings. The van der Waals surface area contributed by atoms with E-state index >= 15 is 0 Å². The van der Waals surface area contributed by atoms with Gasteiger partial charge in [-0.05, 0) is 41.8 Å². The number of aliphatic imine (C=N–C) groups is 1. The Morgan fingerprint density at radius 2 is 1.78 bits per heavy atom. The van der Waals surface area contributed by atoms with Crippen LogP contribution < -0.4 is 15.5 Å².